The van der Waals surface area contributed by atoms with Gasteiger partial charge in [0.25, 0.3) is 5.91 Å². The summed E-state index contributed by atoms with van der Waals surface area (Å²) in [4.78, 5) is 30.7. The Morgan fingerprint density at radius 2 is 1.76 bits per heavy atom. The van der Waals surface area contributed by atoms with Crippen molar-refractivity contribution in [2.75, 3.05) is 0 Å². The minimum absolute atomic E-state index is 0.0210. The van der Waals surface area contributed by atoms with Crippen LogP contribution in [0.15, 0.2) is 65.6 Å². The molecule has 8 heteroatoms. The van der Waals surface area contributed by atoms with Crippen LogP contribution in [0.5, 0.6) is 0 Å². The number of amides is 1. The monoisotopic (exact) mass is 493 g/mol. The van der Waals surface area contributed by atoms with Crippen molar-refractivity contribution in [1.29, 1.82) is 5.26 Å². The number of benzene rings is 2. The van der Waals surface area contributed by atoms with Crippen molar-refractivity contribution in [2.45, 2.75) is 56.9 Å². The van der Waals surface area contributed by atoms with Gasteiger partial charge in [-0.3, -0.25) is 9.59 Å². The van der Waals surface area contributed by atoms with Crippen LogP contribution in [0.3, 0.4) is 0 Å². The molecule has 2 aliphatic carbocycles. The smallest absolute Gasteiger partial charge is 0.287 e. The van der Waals surface area contributed by atoms with Crippen LogP contribution >= 0.6 is 0 Å². The van der Waals surface area contributed by atoms with E-state index in [1.54, 1.807) is 17.1 Å². The minimum Gasteiger partial charge on any atom is -0.451 e. The highest BCUT2D eigenvalue weighted by Gasteiger charge is 2.50. The second-order valence-electron chi connectivity index (χ2n) is 10.3. The van der Waals surface area contributed by atoms with Crippen molar-refractivity contribution in [1.82, 2.24) is 20.1 Å². The number of aromatic nitrogens is 3. The first-order chi connectivity index (χ1) is 18.0. The summed E-state index contributed by atoms with van der Waals surface area (Å²) in [6.07, 6.45) is 8.88. The molecule has 0 aliphatic heterocycles. The van der Waals surface area contributed by atoms with E-state index in [0.29, 0.717) is 18.4 Å². The average molecular weight is 494 g/mol. The summed E-state index contributed by atoms with van der Waals surface area (Å²) in [5.41, 5.74) is 2.03. The third-order valence-corrected chi connectivity index (χ3v) is 7.81. The number of Topliss-reactive ketones (excluding diaryl/α,β-unsaturated/α-hetero) is 1. The molecule has 0 atom stereocenters. The fourth-order valence-electron chi connectivity index (χ4n) is 5.33. The summed E-state index contributed by atoms with van der Waals surface area (Å²) in [7, 11) is 0. The molecule has 2 saturated carbocycles. The molecule has 0 bridgehead atoms. The number of carbonyl (C=O) groups is 2. The highest BCUT2D eigenvalue weighted by Crippen LogP contribution is 2.49. The first-order valence-electron chi connectivity index (χ1n) is 12.8. The van der Waals surface area contributed by atoms with Gasteiger partial charge in [0.15, 0.2) is 11.5 Å². The van der Waals surface area contributed by atoms with Gasteiger partial charge in [-0.25, -0.2) is 9.67 Å². The summed E-state index contributed by atoms with van der Waals surface area (Å²) in [5, 5.41) is 17.5. The molecule has 4 aromatic rings. The molecule has 0 radical (unpaired) electrons. The number of furan rings is 1. The fraction of sp³-hybridized carbons (Fsp3) is 0.345. The van der Waals surface area contributed by atoms with E-state index < -0.39 is 11.0 Å². The molecular formula is C29H27N5O3. The Kier molecular flexibility index (Phi) is 5.64. The number of nitrogens with one attached hydrogen (secondary N) is 1. The van der Waals surface area contributed by atoms with E-state index in [2.05, 4.69) is 21.5 Å². The van der Waals surface area contributed by atoms with Crippen LogP contribution in [-0.4, -0.2) is 32.0 Å². The lowest BCUT2D eigenvalue weighted by Crippen LogP contribution is -2.56. The predicted molar refractivity (Wildman–Crippen MR) is 137 cm³/mol. The van der Waals surface area contributed by atoms with Crippen molar-refractivity contribution in [3.05, 3.63) is 66.9 Å². The van der Waals surface area contributed by atoms with Gasteiger partial charge < -0.3 is 9.73 Å². The van der Waals surface area contributed by atoms with Crippen molar-refractivity contribution in [3.8, 4) is 22.9 Å². The van der Waals surface area contributed by atoms with E-state index in [4.69, 9.17) is 4.42 Å². The second kappa shape index (κ2) is 9.00. The molecule has 6 rings (SSSR count). The summed E-state index contributed by atoms with van der Waals surface area (Å²) >= 11 is 0. The van der Waals surface area contributed by atoms with Crippen LogP contribution in [0.1, 0.15) is 61.9 Å². The lowest BCUT2D eigenvalue weighted by molar-refractivity contribution is -0.127. The molecule has 2 aromatic carbocycles. The zero-order valence-corrected chi connectivity index (χ0v) is 20.4. The van der Waals surface area contributed by atoms with Gasteiger partial charge in [-0.15, -0.1) is 0 Å². The molecule has 37 heavy (non-hydrogen) atoms. The van der Waals surface area contributed by atoms with Crippen LogP contribution < -0.4 is 5.32 Å². The first-order valence-corrected chi connectivity index (χ1v) is 12.8. The second-order valence-corrected chi connectivity index (χ2v) is 10.3. The first kappa shape index (κ1) is 23.2. The van der Waals surface area contributed by atoms with Gasteiger partial charge in [-0.1, -0.05) is 43.5 Å². The zero-order valence-electron chi connectivity index (χ0n) is 20.4. The van der Waals surface area contributed by atoms with Gasteiger partial charge in [-0.05, 0) is 61.1 Å². The van der Waals surface area contributed by atoms with Gasteiger partial charge in [0.05, 0.1) is 22.7 Å². The molecule has 0 saturated heterocycles. The van der Waals surface area contributed by atoms with Crippen LogP contribution in [0, 0.1) is 16.7 Å². The Hall–Kier alpha value is -4.25. The molecule has 2 fully saturated rings. The van der Waals surface area contributed by atoms with E-state index in [0.717, 1.165) is 54.3 Å². The molecule has 8 nitrogen and oxygen atoms in total. The van der Waals surface area contributed by atoms with Crippen molar-refractivity contribution < 1.29 is 14.0 Å². The highest BCUT2D eigenvalue weighted by atomic mass is 16.3. The quantitative estimate of drug-likeness (QED) is 0.370. The minimum atomic E-state index is -0.919. The van der Waals surface area contributed by atoms with Crippen molar-refractivity contribution >= 4 is 22.7 Å². The number of rotatable bonds is 7. The fourth-order valence-corrected chi connectivity index (χ4v) is 5.33. The maximum absolute atomic E-state index is 13.4. The van der Waals surface area contributed by atoms with Crippen LogP contribution in [0.25, 0.3) is 27.8 Å². The van der Waals surface area contributed by atoms with Gasteiger partial charge in [-0.2, -0.15) is 10.4 Å². The SMILES string of the molecule is N#CC1(CC(=O)C2(NC(=O)c3cc4ccc(-c5ccc(-n6cncn6)cc5)cc4o3)CCCCC2)CC1. The summed E-state index contributed by atoms with van der Waals surface area (Å²) < 4.78 is 7.67. The number of carbonyl (C=O) groups excluding carboxylic acids is 2. The van der Waals surface area contributed by atoms with E-state index in [1.165, 1.54) is 6.33 Å². The van der Waals surface area contributed by atoms with Gasteiger partial charge in [0, 0.05) is 11.8 Å². The molecule has 1 N–H and O–H groups in total. The number of nitriles is 1. The molecular weight excluding hydrogens is 466 g/mol. The zero-order chi connectivity index (χ0) is 25.5. The molecule has 2 aliphatic rings. The predicted octanol–water partition coefficient (Wildman–Crippen LogP) is 5.38. The molecule has 2 aromatic heterocycles. The van der Waals surface area contributed by atoms with Gasteiger partial charge >= 0.3 is 0 Å². The van der Waals surface area contributed by atoms with Crippen LogP contribution in [-0.2, 0) is 4.79 Å². The van der Waals surface area contributed by atoms with Crippen LogP contribution in [0.2, 0.25) is 0 Å². The maximum Gasteiger partial charge on any atom is 0.287 e. The van der Waals surface area contributed by atoms with Crippen LogP contribution in [0.4, 0.5) is 0 Å². The summed E-state index contributed by atoms with van der Waals surface area (Å²) in [5.74, 6) is -0.216. The van der Waals surface area contributed by atoms with Gasteiger partial charge in [0.1, 0.15) is 18.2 Å². The third kappa shape index (κ3) is 4.42. The molecule has 186 valence electrons. The number of hydrogen-bond donors (Lipinski definition) is 1. The van der Waals surface area contributed by atoms with Crippen molar-refractivity contribution in [2.24, 2.45) is 5.41 Å². The van der Waals surface area contributed by atoms with E-state index in [9.17, 15) is 14.9 Å². The molecule has 0 unspecified atom stereocenters. The van der Waals surface area contributed by atoms with Gasteiger partial charge in [0.2, 0.25) is 0 Å². The number of nitrogens with zero attached hydrogens (tertiary/aromatic N) is 4. The average Bonchev–Trinajstić information content (AvgIpc) is 3.30. The molecule has 2 heterocycles. The molecule has 1 amide bonds. The Bertz CT molecular complexity index is 1500. The van der Waals surface area contributed by atoms with E-state index in [-0.39, 0.29) is 23.9 Å². The lowest BCUT2D eigenvalue weighted by Gasteiger charge is -2.37. The Morgan fingerprint density at radius 1 is 1.00 bits per heavy atom. The molecule has 0 spiro atoms. The number of ketones is 1. The normalized spacial score (nSPS) is 17.7. The van der Waals surface area contributed by atoms with E-state index in [1.807, 2.05) is 42.5 Å². The number of fused-ring (bicyclic) bond motifs is 1. The summed E-state index contributed by atoms with van der Waals surface area (Å²) in [6.45, 7) is 0. The maximum atomic E-state index is 13.4. The Balaban J connectivity index is 1.23. The summed E-state index contributed by atoms with van der Waals surface area (Å²) in [6, 6.07) is 17.8. The highest BCUT2D eigenvalue weighted by molar-refractivity contribution is 6.01. The van der Waals surface area contributed by atoms with Crippen molar-refractivity contribution in [3.63, 3.8) is 0 Å². The largest absolute Gasteiger partial charge is 0.451 e. The van der Waals surface area contributed by atoms with E-state index >= 15 is 0 Å². The third-order valence-electron chi connectivity index (χ3n) is 7.81. The lowest BCUT2D eigenvalue weighted by atomic mass is 9.75. The Labute approximate surface area is 214 Å². The topological polar surface area (TPSA) is 114 Å². The number of hydrogen-bond acceptors (Lipinski definition) is 6. The standard InChI is InChI=1S/C29H27N5O3/c30-17-28(12-13-28)16-26(35)29(10-2-1-3-11-29)33-27(36)25-15-22-5-4-21(14-24(22)37-25)20-6-8-23(9-7-20)34-19-31-18-32-34/h4-9,14-15,18-19H,1-3,10-13,16H2,(H,33,36). The Morgan fingerprint density at radius 3 is 2.43 bits per heavy atom.